The summed E-state index contributed by atoms with van der Waals surface area (Å²) in [7, 11) is 4.06. The quantitative estimate of drug-likeness (QED) is 0.752. The standard InChI is InChI=1S/C19H34N2O/c1-15(2)13-21(14-16(3)4)12-11-19(22)17-7-9-18(10-8-17)20(5)6/h7-10,15-16,19,22H,11-14H2,1-6H3. The Morgan fingerprint density at radius 2 is 1.41 bits per heavy atom. The molecular formula is C19H34N2O. The number of hydrogen-bond donors (Lipinski definition) is 1. The van der Waals surface area contributed by atoms with E-state index in [9.17, 15) is 5.11 Å². The van der Waals surface area contributed by atoms with Crippen molar-refractivity contribution in [1.82, 2.24) is 4.90 Å². The third-order valence-electron chi connectivity index (χ3n) is 3.76. The van der Waals surface area contributed by atoms with Crippen LogP contribution in [0.4, 0.5) is 5.69 Å². The van der Waals surface area contributed by atoms with E-state index < -0.39 is 0 Å². The fourth-order valence-electron chi connectivity index (χ4n) is 2.76. The highest BCUT2D eigenvalue weighted by atomic mass is 16.3. The molecule has 0 amide bonds. The predicted octanol–water partition coefficient (Wildman–Crippen LogP) is 3.79. The van der Waals surface area contributed by atoms with E-state index in [-0.39, 0.29) is 6.10 Å². The molecule has 1 aromatic carbocycles. The molecule has 0 aliphatic rings. The molecule has 3 nitrogen and oxygen atoms in total. The van der Waals surface area contributed by atoms with Crippen molar-refractivity contribution in [2.75, 3.05) is 38.6 Å². The maximum absolute atomic E-state index is 10.4. The second-order valence-electron chi connectivity index (χ2n) is 7.34. The second kappa shape index (κ2) is 9.16. The fraction of sp³-hybridized carbons (Fsp3) is 0.684. The van der Waals surface area contributed by atoms with Crippen LogP contribution >= 0.6 is 0 Å². The Labute approximate surface area is 136 Å². The molecule has 0 heterocycles. The topological polar surface area (TPSA) is 26.7 Å². The van der Waals surface area contributed by atoms with E-state index in [0.29, 0.717) is 11.8 Å². The van der Waals surface area contributed by atoms with Crippen molar-refractivity contribution in [3.8, 4) is 0 Å². The van der Waals surface area contributed by atoms with E-state index in [0.717, 1.165) is 37.3 Å². The van der Waals surface area contributed by atoms with E-state index in [1.807, 2.05) is 26.2 Å². The van der Waals surface area contributed by atoms with Crippen LogP contribution in [0.1, 0.15) is 45.8 Å². The average molecular weight is 306 g/mol. The Kier molecular flexibility index (Phi) is 7.91. The van der Waals surface area contributed by atoms with E-state index in [1.165, 1.54) is 0 Å². The van der Waals surface area contributed by atoms with Gasteiger partial charge in [0, 0.05) is 39.4 Å². The lowest BCUT2D eigenvalue weighted by Crippen LogP contribution is -2.33. The zero-order chi connectivity index (χ0) is 16.7. The van der Waals surface area contributed by atoms with Gasteiger partial charge in [-0.3, -0.25) is 0 Å². The third kappa shape index (κ3) is 6.80. The van der Waals surface area contributed by atoms with Gasteiger partial charge in [-0.2, -0.15) is 0 Å². The van der Waals surface area contributed by atoms with Gasteiger partial charge < -0.3 is 14.9 Å². The van der Waals surface area contributed by atoms with Crippen LogP contribution in [0.3, 0.4) is 0 Å². The summed E-state index contributed by atoms with van der Waals surface area (Å²) in [4.78, 5) is 4.55. The SMILES string of the molecule is CC(C)CN(CCC(O)c1ccc(N(C)C)cc1)CC(C)C. The molecule has 3 heteroatoms. The van der Waals surface area contributed by atoms with E-state index in [4.69, 9.17) is 0 Å². The molecule has 0 aliphatic carbocycles. The van der Waals surface area contributed by atoms with Crippen molar-refractivity contribution in [1.29, 1.82) is 0 Å². The van der Waals surface area contributed by atoms with Gasteiger partial charge >= 0.3 is 0 Å². The molecule has 22 heavy (non-hydrogen) atoms. The summed E-state index contributed by atoms with van der Waals surface area (Å²) in [6.45, 7) is 12.2. The largest absolute Gasteiger partial charge is 0.388 e. The van der Waals surface area contributed by atoms with E-state index >= 15 is 0 Å². The maximum atomic E-state index is 10.4. The summed E-state index contributed by atoms with van der Waals surface area (Å²) < 4.78 is 0. The van der Waals surface area contributed by atoms with E-state index in [2.05, 4.69) is 49.6 Å². The van der Waals surface area contributed by atoms with Gasteiger partial charge in [-0.25, -0.2) is 0 Å². The third-order valence-corrected chi connectivity index (χ3v) is 3.76. The van der Waals surface area contributed by atoms with Crippen LogP contribution in [0.25, 0.3) is 0 Å². The molecule has 0 saturated carbocycles. The highest BCUT2D eigenvalue weighted by Crippen LogP contribution is 2.21. The monoisotopic (exact) mass is 306 g/mol. The molecule has 1 rings (SSSR count). The molecule has 0 aliphatic heterocycles. The van der Waals surface area contributed by atoms with Crippen molar-refractivity contribution in [3.63, 3.8) is 0 Å². The van der Waals surface area contributed by atoms with Crippen LogP contribution in [0, 0.1) is 11.8 Å². The van der Waals surface area contributed by atoms with Crippen LogP contribution in [-0.4, -0.2) is 43.7 Å². The Bertz CT molecular complexity index is 402. The molecule has 0 radical (unpaired) electrons. The molecular weight excluding hydrogens is 272 g/mol. The van der Waals surface area contributed by atoms with Gasteiger partial charge in [0.2, 0.25) is 0 Å². The second-order valence-corrected chi connectivity index (χ2v) is 7.34. The highest BCUT2D eigenvalue weighted by molar-refractivity contribution is 5.46. The lowest BCUT2D eigenvalue weighted by Gasteiger charge is -2.27. The number of aliphatic hydroxyl groups excluding tert-OH is 1. The zero-order valence-electron chi connectivity index (χ0n) is 15.2. The van der Waals surface area contributed by atoms with Crippen LogP contribution < -0.4 is 4.90 Å². The summed E-state index contributed by atoms with van der Waals surface area (Å²) in [5.74, 6) is 1.32. The first-order valence-electron chi connectivity index (χ1n) is 8.47. The van der Waals surface area contributed by atoms with Gasteiger partial charge in [-0.05, 0) is 36.0 Å². The Morgan fingerprint density at radius 1 is 0.909 bits per heavy atom. The molecule has 0 aromatic heterocycles. The Hall–Kier alpha value is -1.06. The Balaban J connectivity index is 2.56. The molecule has 1 aromatic rings. The lowest BCUT2D eigenvalue weighted by atomic mass is 10.0. The van der Waals surface area contributed by atoms with Crippen LogP contribution in [0.2, 0.25) is 0 Å². The summed E-state index contributed by atoms with van der Waals surface area (Å²) in [6.07, 6.45) is 0.416. The number of anilines is 1. The van der Waals surface area contributed by atoms with Crippen LogP contribution in [-0.2, 0) is 0 Å². The zero-order valence-corrected chi connectivity index (χ0v) is 15.2. The fourth-order valence-corrected chi connectivity index (χ4v) is 2.76. The van der Waals surface area contributed by atoms with E-state index in [1.54, 1.807) is 0 Å². The molecule has 1 N–H and O–H groups in total. The highest BCUT2D eigenvalue weighted by Gasteiger charge is 2.13. The first-order valence-corrected chi connectivity index (χ1v) is 8.47. The molecule has 126 valence electrons. The van der Waals surface area contributed by atoms with Crippen molar-refractivity contribution >= 4 is 5.69 Å². The first-order chi connectivity index (χ1) is 10.3. The van der Waals surface area contributed by atoms with Crippen molar-refractivity contribution in [2.24, 2.45) is 11.8 Å². The number of hydrogen-bond acceptors (Lipinski definition) is 3. The van der Waals surface area contributed by atoms with Crippen molar-refractivity contribution < 1.29 is 5.11 Å². The van der Waals surface area contributed by atoms with Crippen LogP contribution in [0.5, 0.6) is 0 Å². The molecule has 1 atom stereocenters. The van der Waals surface area contributed by atoms with Gasteiger partial charge in [-0.1, -0.05) is 39.8 Å². The summed E-state index contributed by atoms with van der Waals surface area (Å²) in [5.41, 5.74) is 2.18. The van der Waals surface area contributed by atoms with Gasteiger partial charge in [0.05, 0.1) is 6.10 Å². The van der Waals surface area contributed by atoms with Crippen molar-refractivity contribution in [2.45, 2.75) is 40.2 Å². The van der Waals surface area contributed by atoms with Gasteiger partial charge in [0.25, 0.3) is 0 Å². The molecule has 0 bridgehead atoms. The molecule has 0 spiro atoms. The minimum absolute atomic E-state index is 0.377. The van der Waals surface area contributed by atoms with Crippen molar-refractivity contribution in [3.05, 3.63) is 29.8 Å². The lowest BCUT2D eigenvalue weighted by molar-refractivity contribution is 0.131. The first kappa shape index (κ1) is 19.0. The normalized spacial score (nSPS) is 13.2. The Morgan fingerprint density at radius 3 is 1.82 bits per heavy atom. The van der Waals surface area contributed by atoms with Gasteiger partial charge in [0.1, 0.15) is 0 Å². The summed E-state index contributed by atoms with van der Waals surface area (Å²) in [5, 5.41) is 10.4. The smallest absolute Gasteiger partial charge is 0.0802 e. The number of rotatable bonds is 9. The maximum Gasteiger partial charge on any atom is 0.0802 e. The molecule has 1 unspecified atom stereocenters. The van der Waals surface area contributed by atoms with Gasteiger partial charge in [-0.15, -0.1) is 0 Å². The number of aliphatic hydroxyl groups is 1. The predicted molar refractivity (Wildman–Crippen MR) is 96.5 cm³/mol. The van der Waals surface area contributed by atoms with Crippen LogP contribution in [0.15, 0.2) is 24.3 Å². The molecule has 0 fully saturated rings. The minimum atomic E-state index is -0.377. The summed E-state index contributed by atoms with van der Waals surface area (Å²) >= 11 is 0. The number of nitrogens with zero attached hydrogens (tertiary/aromatic N) is 2. The average Bonchev–Trinajstić information content (AvgIpc) is 2.43. The molecule has 0 saturated heterocycles. The van der Waals surface area contributed by atoms with Gasteiger partial charge in [0.15, 0.2) is 0 Å². The minimum Gasteiger partial charge on any atom is -0.388 e. The number of benzene rings is 1. The summed E-state index contributed by atoms with van der Waals surface area (Å²) in [6, 6.07) is 8.21.